The first kappa shape index (κ1) is 19.6. The molecule has 0 aliphatic carbocycles. The molecule has 146 valence electrons. The highest BCUT2D eigenvalue weighted by Crippen LogP contribution is 2.18. The molecular weight excluding hydrogens is 356 g/mol. The van der Waals surface area contributed by atoms with Crippen LogP contribution in [0.4, 0.5) is 5.82 Å². The van der Waals surface area contributed by atoms with Crippen molar-refractivity contribution in [2.45, 2.75) is 46.1 Å². The number of nitrogens with zero attached hydrogens (tertiary/aromatic N) is 4. The number of aliphatic imine (C=N–C) groups is 1. The number of nitrogens with one attached hydrogen (secondary N) is 2. The van der Waals surface area contributed by atoms with E-state index in [4.69, 9.17) is 4.99 Å². The summed E-state index contributed by atoms with van der Waals surface area (Å²) in [6, 6.07) is 4.70. The number of hydrogen-bond acceptors (Lipinski definition) is 5. The van der Waals surface area contributed by atoms with Crippen LogP contribution in [0.3, 0.4) is 0 Å². The van der Waals surface area contributed by atoms with Crippen molar-refractivity contribution in [2.75, 3.05) is 31.1 Å². The number of aryl methyl sites for hydroxylation is 2. The topological polar surface area (TPSA) is 65.4 Å². The number of guanidine groups is 1. The third kappa shape index (κ3) is 5.92. The van der Waals surface area contributed by atoms with Gasteiger partial charge in [0.15, 0.2) is 5.96 Å². The molecule has 3 heterocycles. The number of aromatic nitrogens is 2. The fraction of sp³-hybridized carbons (Fsp3) is 0.550. The minimum atomic E-state index is 0.451. The van der Waals surface area contributed by atoms with E-state index < -0.39 is 0 Å². The maximum absolute atomic E-state index is 4.73. The van der Waals surface area contributed by atoms with Crippen LogP contribution in [0.25, 0.3) is 0 Å². The van der Waals surface area contributed by atoms with E-state index in [9.17, 15) is 0 Å². The molecule has 1 fully saturated rings. The first-order valence-corrected chi connectivity index (χ1v) is 10.6. The van der Waals surface area contributed by atoms with E-state index >= 15 is 0 Å². The van der Waals surface area contributed by atoms with Crippen LogP contribution in [0.1, 0.15) is 35.2 Å². The molecule has 7 heteroatoms. The summed E-state index contributed by atoms with van der Waals surface area (Å²) in [4.78, 5) is 17.3. The zero-order valence-electron chi connectivity index (χ0n) is 16.5. The summed E-state index contributed by atoms with van der Waals surface area (Å²) in [6.07, 6.45) is 6.95. The molecule has 0 saturated carbocycles. The monoisotopic (exact) mass is 386 g/mol. The second kappa shape index (κ2) is 9.69. The minimum Gasteiger partial charge on any atom is -0.357 e. The van der Waals surface area contributed by atoms with Crippen molar-refractivity contribution in [3.8, 4) is 0 Å². The molecule has 0 atom stereocenters. The average molecular weight is 387 g/mol. The van der Waals surface area contributed by atoms with E-state index in [0.717, 1.165) is 62.2 Å². The molecule has 2 aromatic rings. The van der Waals surface area contributed by atoms with Crippen LogP contribution in [0.5, 0.6) is 0 Å². The van der Waals surface area contributed by atoms with Crippen LogP contribution in [-0.2, 0) is 6.42 Å². The van der Waals surface area contributed by atoms with E-state index in [-0.39, 0.29) is 0 Å². The second-order valence-electron chi connectivity index (χ2n) is 6.97. The Bertz CT molecular complexity index is 731. The van der Waals surface area contributed by atoms with Gasteiger partial charge in [-0.1, -0.05) is 6.07 Å². The Morgan fingerprint density at radius 3 is 2.67 bits per heavy atom. The molecule has 27 heavy (non-hydrogen) atoms. The summed E-state index contributed by atoms with van der Waals surface area (Å²) < 4.78 is 0. The minimum absolute atomic E-state index is 0.451. The number of hydrogen-bond donors (Lipinski definition) is 2. The molecule has 0 bridgehead atoms. The summed E-state index contributed by atoms with van der Waals surface area (Å²) in [5, 5.41) is 8.13. The van der Waals surface area contributed by atoms with Gasteiger partial charge in [-0.3, -0.25) is 4.99 Å². The number of pyridine rings is 1. The van der Waals surface area contributed by atoms with Crippen molar-refractivity contribution in [1.82, 2.24) is 20.6 Å². The molecule has 3 rings (SSSR count). The second-order valence-corrected chi connectivity index (χ2v) is 8.29. The van der Waals surface area contributed by atoms with Crippen molar-refractivity contribution < 1.29 is 0 Å². The highest BCUT2D eigenvalue weighted by atomic mass is 32.1. The molecule has 0 radical (unpaired) electrons. The van der Waals surface area contributed by atoms with Crippen molar-refractivity contribution in [1.29, 1.82) is 0 Å². The average Bonchev–Trinajstić information content (AvgIpc) is 3.08. The number of rotatable bonds is 6. The van der Waals surface area contributed by atoms with Gasteiger partial charge in [-0.25, -0.2) is 9.97 Å². The van der Waals surface area contributed by atoms with Gasteiger partial charge in [0.1, 0.15) is 5.82 Å². The predicted octanol–water partition coefficient (Wildman–Crippen LogP) is 2.92. The van der Waals surface area contributed by atoms with Crippen LogP contribution in [0.15, 0.2) is 29.5 Å². The van der Waals surface area contributed by atoms with Gasteiger partial charge in [-0.15, -0.1) is 11.3 Å². The van der Waals surface area contributed by atoms with Crippen LogP contribution in [0.2, 0.25) is 0 Å². The molecule has 0 aromatic carbocycles. The molecule has 0 amide bonds. The van der Waals surface area contributed by atoms with Crippen molar-refractivity contribution in [2.24, 2.45) is 4.99 Å². The fourth-order valence-electron chi connectivity index (χ4n) is 3.19. The summed E-state index contributed by atoms with van der Waals surface area (Å²) >= 11 is 1.75. The Kier molecular flexibility index (Phi) is 7.04. The van der Waals surface area contributed by atoms with Crippen molar-refractivity contribution in [3.63, 3.8) is 0 Å². The Balaban J connectivity index is 1.48. The van der Waals surface area contributed by atoms with E-state index in [0.29, 0.717) is 6.04 Å². The van der Waals surface area contributed by atoms with Gasteiger partial charge in [0.25, 0.3) is 0 Å². The van der Waals surface area contributed by atoms with Gasteiger partial charge in [-0.05, 0) is 45.2 Å². The maximum atomic E-state index is 4.73. The Hall–Kier alpha value is -2.15. The molecule has 1 aliphatic rings. The Morgan fingerprint density at radius 1 is 1.22 bits per heavy atom. The largest absolute Gasteiger partial charge is 0.357 e. The summed E-state index contributed by atoms with van der Waals surface area (Å²) in [5.41, 5.74) is 1.20. The van der Waals surface area contributed by atoms with Gasteiger partial charge < -0.3 is 15.5 Å². The number of piperidine rings is 1. The molecule has 2 aromatic heterocycles. The third-order valence-corrected chi connectivity index (χ3v) is 5.64. The predicted molar refractivity (Wildman–Crippen MR) is 114 cm³/mol. The quantitative estimate of drug-likeness (QED) is 0.590. The van der Waals surface area contributed by atoms with Crippen molar-refractivity contribution >= 4 is 23.1 Å². The smallest absolute Gasteiger partial charge is 0.191 e. The van der Waals surface area contributed by atoms with Crippen LogP contribution >= 0.6 is 11.3 Å². The van der Waals surface area contributed by atoms with E-state index in [1.54, 1.807) is 11.3 Å². The van der Waals surface area contributed by atoms with E-state index in [1.165, 1.54) is 10.4 Å². The first-order chi connectivity index (χ1) is 13.1. The zero-order valence-corrected chi connectivity index (χ0v) is 17.4. The van der Waals surface area contributed by atoms with Crippen LogP contribution in [-0.4, -0.2) is 48.1 Å². The summed E-state index contributed by atoms with van der Waals surface area (Å²) in [6.45, 7) is 9.94. The lowest BCUT2D eigenvalue weighted by Gasteiger charge is -2.33. The molecule has 0 spiro atoms. The molecular formula is C20H30N6S. The normalized spacial score (nSPS) is 15.8. The van der Waals surface area contributed by atoms with Crippen molar-refractivity contribution in [3.05, 3.63) is 40.0 Å². The third-order valence-electron chi connectivity index (χ3n) is 4.66. The van der Waals surface area contributed by atoms with E-state index in [1.807, 2.05) is 12.4 Å². The maximum Gasteiger partial charge on any atom is 0.191 e. The van der Waals surface area contributed by atoms with Gasteiger partial charge >= 0.3 is 0 Å². The van der Waals surface area contributed by atoms with Gasteiger partial charge in [0.2, 0.25) is 0 Å². The number of anilines is 1. The Labute approximate surface area is 166 Å². The zero-order chi connectivity index (χ0) is 19.1. The molecule has 2 N–H and O–H groups in total. The summed E-state index contributed by atoms with van der Waals surface area (Å²) in [7, 11) is 0. The van der Waals surface area contributed by atoms with Gasteiger partial charge in [0.05, 0.1) is 5.01 Å². The standard InChI is InChI=1S/C20H30N6S/c1-4-21-20(22-10-7-19-24-14-16(3)27-19)25-17-8-11-26(12-9-17)18-6-5-15(2)13-23-18/h5-6,13-14,17H,4,7-12H2,1-3H3,(H2,21,22,25). The van der Waals surface area contributed by atoms with Gasteiger partial charge in [-0.2, -0.15) is 0 Å². The van der Waals surface area contributed by atoms with Crippen LogP contribution < -0.4 is 15.5 Å². The lowest BCUT2D eigenvalue weighted by Crippen LogP contribution is -2.49. The fourth-order valence-corrected chi connectivity index (χ4v) is 3.97. The molecule has 1 aliphatic heterocycles. The lowest BCUT2D eigenvalue weighted by molar-refractivity contribution is 0.459. The SMILES string of the molecule is CCNC(=NCCc1ncc(C)s1)NC1CCN(c2ccc(C)cn2)CC1. The Morgan fingerprint density at radius 2 is 2.04 bits per heavy atom. The molecule has 1 saturated heterocycles. The van der Waals surface area contributed by atoms with Gasteiger partial charge in [0, 0.05) is 55.9 Å². The van der Waals surface area contributed by atoms with Crippen LogP contribution in [0, 0.1) is 13.8 Å². The highest BCUT2D eigenvalue weighted by molar-refractivity contribution is 7.11. The highest BCUT2D eigenvalue weighted by Gasteiger charge is 2.20. The first-order valence-electron chi connectivity index (χ1n) is 9.78. The lowest BCUT2D eigenvalue weighted by atomic mass is 10.1. The summed E-state index contributed by atoms with van der Waals surface area (Å²) in [5.74, 6) is 2.00. The molecule has 6 nitrogen and oxygen atoms in total. The van der Waals surface area contributed by atoms with E-state index in [2.05, 4.69) is 58.4 Å². The number of thiazole rings is 1. The molecule has 0 unspecified atom stereocenters.